The number of anilines is 1. The lowest BCUT2D eigenvalue weighted by Gasteiger charge is -2.12. The Hall–Kier alpha value is -1.46. The van der Waals surface area contributed by atoms with E-state index in [9.17, 15) is 5.11 Å². The number of rotatable bonds is 3. The first-order valence-corrected chi connectivity index (χ1v) is 8.82. The standard InChI is InChI=1S/C16H14B2Br2N2O/c17-11-4-1-8(19)5-14(11)21-7-9-2-3-10-12(18)6-13(20)16(23)15(10)22-9/h1-6,21,23H,7,17-18H2. The molecule has 1 heterocycles. The zero-order chi connectivity index (χ0) is 16.6. The molecule has 0 fully saturated rings. The third kappa shape index (κ3) is 3.40. The maximum absolute atomic E-state index is 10.2. The summed E-state index contributed by atoms with van der Waals surface area (Å²) in [7, 11) is 4.08. The number of halogens is 2. The molecule has 23 heavy (non-hydrogen) atoms. The molecule has 1 aromatic heterocycles. The summed E-state index contributed by atoms with van der Waals surface area (Å²) in [6, 6.07) is 12.0. The van der Waals surface area contributed by atoms with E-state index in [4.69, 9.17) is 0 Å². The van der Waals surface area contributed by atoms with Crippen LogP contribution in [-0.2, 0) is 6.54 Å². The molecule has 0 saturated heterocycles. The van der Waals surface area contributed by atoms with Gasteiger partial charge in [0.2, 0.25) is 0 Å². The Morgan fingerprint density at radius 2 is 1.83 bits per heavy atom. The van der Waals surface area contributed by atoms with Gasteiger partial charge in [0.25, 0.3) is 0 Å². The molecule has 2 N–H and O–H groups in total. The Kier molecular flexibility index (Phi) is 4.69. The van der Waals surface area contributed by atoms with Crippen molar-refractivity contribution in [2.75, 3.05) is 5.32 Å². The van der Waals surface area contributed by atoms with Crippen LogP contribution < -0.4 is 16.2 Å². The molecule has 114 valence electrons. The van der Waals surface area contributed by atoms with Gasteiger partial charge in [-0.05, 0) is 45.6 Å². The van der Waals surface area contributed by atoms with Crippen molar-refractivity contribution in [3.8, 4) is 5.75 Å². The first-order valence-electron chi connectivity index (χ1n) is 7.23. The summed E-state index contributed by atoms with van der Waals surface area (Å²) in [5.74, 6) is 0.186. The zero-order valence-corrected chi connectivity index (χ0v) is 16.0. The Morgan fingerprint density at radius 3 is 2.61 bits per heavy atom. The third-order valence-corrected chi connectivity index (χ3v) is 4.93. The van der Waals surface area contributed by atoms with Gasteiger partial charge in [0.05, 0.1) is 16.7 Å². The SMILES string of the molecule is Bc1ccc(Br)cc1NCc1ccc2c(B)cc(Br)c(O)c2n1. The van der Waals surface area contributed by atoms with E-state index < -0.39 is 0 Å². The molecule has 3 aromatic rings. The van der Waals surface area contributed by atoms with Crippen molar-refractivity contribution in [1.82, 2.24) is 4.98 Å². The summed E-state index contributed by atoms with van der Waals surface area (Å²) in [4.78, 5) is 4.61. The number of aromatic hydroxyl groups is 1. The number of nitrogens with zero attached hydrogens (tertiary/aromatic N) is 1. The lowest BCUT2D eigenvalue weighted by Crippen LogP contribution is -2.13. The minimum Gasteiger partial charge on any atom is -0.505 e. The Labute approximate surface area is 153 Å². The van der Waals surface area contributed by atoms with Crippen molar-refractivity contribution in [3.63, 3.8) is 0 Å². The fourth-order valence-corrected chi connectivity index (χ4v) is 3.41. The molecule has 0 aliphatic heterocycles. The summed E-state index contributed by atoms with van der Waals surface area (Å²) in [6.07, 6.45) is 0. The van der Waals surface area contributed by atoms with Crippen LogP contribution in [0.3, 0.4) is 0 Å². The molecular formula is C16H14B2Br2N2O. The number of aromatic nitrogens is 1. The summed E-state index contributed by atoms with van der Waals surface area (Å²) < 4.78 is 1.71. The van der Waals surface area contributed by atoms with Crippen LogP contribution in [0.15, 0.2) is 45.3 Å². The largest absolute Gasteiger partial charge is 0.505 e. The van der Waals surface area contributed by atoms with Crippen LogP contribution in [0.2, 0.25) is 0 Å². The van der Waals surface area contributed by atoms with Crippen molar-refractivity contribution >= 4 is 75.1 Å². The van der Waals surface area contributed by atoms with Crippen molar-refractivity contribution in [2.45, 2.75) is 6.54 Å². The summed E-state index contributed by atoms with van der Waals surface area (Å²) in [6.45, 7) is 0.595. The fraction of sp³-hybridized carbons (Fsp3) is 0.0625. The second-order valence-corrected chi connectivity index (χ2v) is 7.31. The molecule has 0 radical (unpaired) electrons. The summed E-state index contributed by atoms with van der Waals surface area (Å²) in [5, 5.41) is 14.6. The van der Waals surface area contributed by atoms with Gasteiger partial charge < -0.3 is 10.4 Å². The molecule has 0 amide bonds. The monoisotopic (exact) mass is 430 g/mol. The quantitative estimate of drug-likeness (QED) is 0.619. The molecule has 0 saturated carbocycles. The van der Waals surface area contributed by atoms with Crippen LogP contribution >= 0.6 is 31.9 Å². The van der Waals surface area contributed by atoms with Crippen LogP contribution in [0.4, 0.5) is 5.69 Å². The first kappa shape index (κ1) is 16.4. The van der Waals surface area contributed by atoms with Gasteiger partial charge in [0, 0.05) is 10.2 Å². The van der Waals surface area contributed by atoms with Gasteiger partial charge in [-0.25, -0.2) is 4.98 Å². The zero-order valence-electron chi connectivity index (χ0n) is 12.8. The van der Waals surface area contributed by atoms with Crippen molar-refractivity contribution in [3.05, 3.63) is 51.0 Å². The van der Waals surface area contributed by atoms with Crippen LogP contribution in [0, 0.1) is 0 Å². The van der Waals surface area contributed by atoms with Gasteiger partial charge in [0.1, 0.15) is 21.2 Å². The molecule has 0 spiro atoms. The van der Waals surface area contributed by atoms with E-state index in [0.29, 0.717) is 16.5 Å². The van der Waals surface area contributed by atoms with Gasteiger partial charge in [-0.15, -0.1) is 0 Å². The highest BCUT2D eigenvalue weighted by Gasteiger charge is 2.10. The first-order chi connectivity index (χ1) is 11.0. The van der Waals surface area contributed by atoms with Gasteiger partial charge >= 0.3 is 0 Å². The topological polar surface area (TPSA) is 45.1 Å². The predicted molar refractivity (Wildman–Crippen MR) is 109 cm³/mol. The van der Waals surface area contributed by atoms with Crippen LogP contribution in [-0.4, -0.2) is 25.8 Å². The molecule has 0 unspecified atom stereocenters. The molecule has 3 nitrogen and oxygen atoms in total. The van der Waals surface area contributed by atoms with E-state index in [1.807, 2.05) is 32.1 Å². The molecule has 0 atom stereocenters. The Balaban J connectivity index is 1.92. The third-order valence-electron chi connectivity index (χ3n) is 3.83. The van der Waals surface area contributed by atoms with E-state index in [-0.39, 0.29) is 5.75 Å². The second-order valence-electron chi connectivity index (χ2n) is 5.54. The smallest absolute Gasteiger partial charge is 0.155 e. The highest BCUT2D eigenvalue weighted by Crippen LogP contribution is 2.30. The van der Waals surface area contributed by atoms with Crippen molar-refractivity contribution in [1.29, 1.82) is 0 Å². The maximum atomic E-state index is 10.2. The molecule has 3 rings (SSSR count). The molecule has 2 aromatic carbocycles. The molecule has 0 bridgehead atoms. The van der Waals surface area contributed by atoms with E-state index >= 15 is 0 Å². The van der Waals surface area contributed by atoms with Gasteiger partial charge in [-0.2, -0.15) is 0 Å². The molecular weight excluding hydrogens is 418 g/mol. The Morgan fingerprint density at radius 1 is 1.04 bits per heavy atom. The van der Waals surface area contributed by atoms with E-state index in [2.05, 4.69) is 62.1 Å². The lowest BCUT2D eigenvalue weighted by molar-refractivity contribution is 0.477. The van der Waals surface area contributed by atoms with Crippen LogP contribution in [0.1, 0.15) is 5.69 Å². The number of nitrogens with one attached hydrogen (secondary N) is 1. The number of hydrogen-bond acceptors (Lipinski definition) is 3. The number of phenolic OH excluding ortho intramolecular Hbond substituents is 1. The number of pyridine rings is 1. The van der Waals surface area contributed by atoms with E-state index in [0.717, 1.165) is 26.7 Å². The van der Waals surface area contributed by atoms with Crippen molar-refractivity contribution in [2.24, 2.45) is 0 Å². The molecule has 7 heteroatoms. The highest BCUT2D eigenvalue weighted by molar-refractivity contribution is 9.10. The lowest BCUT2D eigenvalue weighted by atomic mass is 9.91. The van der Waals surface area contributed by atoms with Crippen LogP contribution in [0.25, 0.3) is 10.9 Å². The summed E-state index contributed by atoms with van der Waals surface area (Å²) in [5.41, 5.74) is 4.83. The minimum absolute atomic E-state index is 0.186. The average molecular weight is 432 g/mol. The van der Waals surface area contributed by atoms with Crippen LogP contribution in [0.5, 0.6) is 5.75 Å². The Bertz CT molecular complexity index is 903. The normalized spacial score (nSPS) is 10.9. The molecule has 0 aliphatic carbocycles. The molecule has 0 aliphatic rings. The maximum Gasteiger partial charge on any atom is 0.155 e. The van der Waals surface area contributed by atoms with Gasteiger partial charge in [-0.3, -0.25) is 0 Å². The number of phenols is 1. The number of hydrogen-bond donors (Lipinski definition) is 2. The number of fused-ring (bicyclic) bond motifs is 1. The number of benzene rings is 2. The van der Waals surface area contributed by atoms with E-state index in [1.54, 1.807) is 0 Å². The highest BCUT2D eigenvalue weighted by atomic mass is 79.9. The van der Waals surface area contributed by atoms with Crippen molar-refractivity contribution < 1.29 is 5.11 Å². The van der Waals surface area contributed by atoms with Gasteiger partial charge in [-0.1, -0.05) is 39.0 Å². The van der Waals surface area contributed by atoms with E-state index in [1.165, 1.54) is 5.46 Å². The second kappa shape index (κ2) is 6.57. The minimum atomic E-state index is 0.186. The summed E-state index contributed by atoms with van der Waals surface area (Å²) >= 11 is 6.86. The fourth-order valence-electron chi connectivity index (χ4n) is 2.52. The van der Waals surface area contributed by atoms with Gasteiger partial charge in [0.15, 0.2) is 5.75 Å². The predicted octanol–water partition coefficient (Wildman–Crippen LogP) is 1.59. The average Bonchev–Trinajstić information content (AvgIpc) is 2.53.